The number of nitrogens with zero attached hydrogens (tertiary/aromatic N) is 1. The van der Waals surface area contributed by atoms with Gasteiger partial charge in [-0.15, -0.1) is 0 Å². The summed E-state index contributed by atoms with van der Waals surface area (Å²) >= 11 is 0. The number of nitrogens with one attached hydrogen (secondary N) is 2. The number of unbranched alkanes of at least 4 members (excludes halogenated alkanes) is 1. The first-order valence-electron chi connectivity index (χ1n) is 14.4. The molecular formula is C29H45F4N3O3. The first-order valence-corrected chi connectivity index (χ1v) is 14.4. The fourth-order valence-electron chi connectivity index (χ4n) is 6.13. The molecule has 1 aromatic rings. The van der Waals surface area contributed by atoms with Crippen molar-refractivity contribution in [1.29, 1.82) is 0 Å². The largest absolute Gasteiger partial charge is 0.385 e. The summed E-state index contributed by atoms with van der Waals surface area (Å²) in [4.78, 5) is 15.0. The van der Waals surface area contributed by atoms with Gasteiger partial charge in [-0.25, -0.2) is 22.4 Å². The van der Waals surface area contributed by atoms with Crippen molar-refractivity contribution in [3.05, 3.63) is 35.4 Å². The van der Waals surface area contributed by atoms with Crippen LogP contribution < -0.4 is 10.6 Å². The van der Waals surface area contributed by atoms with Gasteiger partial charge in [-0.2, -0.15) is 0 Å². The summed E-state index contributed by atoms with van der Waals surface area (Å²) in [6.07, 6.45) is 3.87. The smallest absolute Gasteiger partial charge is 0.317 e. The predicted octanol–water partition coefficient (Wildman–Crippen LogP) is 5.58. The van der Waals surface area contributed by atoms with E-state index in [-0.39, 0.29) is 49.4 Å². The van der Waals surface area contributed by atoms with Crippen LogP contribution in [0.25, 0.3) is 0 Å². The van der Waals surface area contributed by atoms with Crippen molar-refractivity contribution in [2.45, 2.75) is 88.7 Å². The lowest BCUT2D eigenvalue weighted by Gasteiger charge is -2.43. The summed E-state index contributed by atoms with van der Waals surface area (Å²) < 4.78 is 61.7. The minimum Gasteiger partial charge on any atom is -0.385 e. The van der Waals surface area contributed by atoms with E-state index in [9.17, 15) is 27.5 Å². The van der Waals surface area contributed by atoms with Gasteiger partial charge in [-0.05, 0) is 77.3 Å². The molecule has 2 amide bonds. The van der Waals surface area contributed by atoms with Gasteiger partial charge in [0.15, 0.2) is 11.6 Å². The van der Waals surface area contributed by atoms with Crippen molar-refractivity contribution in [3.8, 4) is 0 Å². The second kappa shape index (κ2) is 14.6. The van der Waals surface area contributed by atoms with E-state index in [1.807, 2.05) is 6.92 Å². The second-order valence-corrected chi connectivity index (χ2v) is 11.2. The van der Waals surface area contributed by atoms with Crippen LogP contribution in [0.4, 0.5) is 22.4 Å². The summed E-state index contributed by atoms with van der Waals surface area (Å²) in [6.45, 7) is 4.19. The third kappa shape index (κ3) is 8.79. The summed E-state index contributed by atoms with van der Waals surface area (Å²) in [5.74, 6) is -5.03. The summed E-state index contributed by atoms with van der Waals surface area (Å²) in [6, 6.07) is 3.34. The molecule has 1 heterocycles. The van der Waals surface area contributed by atoms with E-state index < -0.39 is 29.1 Å². The van der Waals surface area contributed by atoms with Crippen LogP contribution in [0.15, 0.2) is 18.2 Å². The molecule has 0 unspecified atom stereocenters. The number of carbonyl (C=O) groups excluding carboxylic acids is 1. The van der Waals surface area contributed by atoms with Gasteiger partial charge >= 0.3 is 6.03 Å². The minimum absolute atomic E-state index is 0.0756. The van der Waals surface area contributed by atoms with E-state index in [1.54, 1.807) is 11.9 Å². The highest BCUT2D eigenvalue weighted by molar-refractivity contribution is 5.74. The normalized spacial score (nSPS) is 22.3. The van der Waals surface area contributed by atoms with Crippen LogP contribution in [0, 0.1) is 23.5 Å². The number of benzene rings is 1. The lowest BCUT2D eigenvalue weighted by Crippen LogP contribution is -2.54. The molecule has 6 nitrogen and oxygen atoms in total. The third-order valence-electron chi connectivity index (χ3n) is 8.34. The van der Waals surface area contributed by atoms with Crippen LogP contribution in [0.5, 0.6) is 0 Å². The number of halogens is 4. The van der Waals surface area contributed by atoms with Crippen LogP contribution >= 0.6 is 0 Å². The van der Waals surface area contributed by atoms with Crippen LogP contribution in [-0.2, 0) is 10.3 Å². The van der Waals surface area contributed by atoms with Crippen molar-refractivity contribution in [3.63, 3.8) is 0 Å². The maximum atomic E-state index is 15.0. The predicted molar refractivity (Wildman–Crippen MR) is 143 cm³/mol. The van der Waals surface area contributed by atoms with Crippen molar-refractivity contribution in [2.75, 3.05) is 39.9 Å². The number of urea groups is 1. The van der Waals surface area contributed by atoms with Gasteiger partial charge in [0.1, 0.15) is 0 Å². The monoisotopic (exact) mass is 559 g/mol. The maximum absolute atomic E-state index is 15.0. The summed E-state index contributed by atoms with van der Waals surface area (Å²) in [5.41, 5.74) is -1.72. The molecule has 2 fully saturated rings. The number of hydrogen-bond donors (Lipinski definition) is 3. The fourth-order valence-corrected chi connectivity index (χ4v) is 6.13. The Morgan fingerprint density at radius 1 is 1.23 bits per heavy atom. The zero-order chi connectivity index (χ0) is 28.5. The molecule has 0 spiro atoms. The molecule has 1 saturated heterocycles. The van der Waals surface area contributed by atoms with Crippen molar-refractivity contribution in [1.82, 2.24) is 15.5 Å². The molecule has 3 rings (SSSR count). The highest BCUT2D eigenvalue weighted by Gasteiger charge is 2.43. The average Bonchev–Trinajstić information content (AvgIpc) is 2.91. The number of ether oxygens (including phenoxy) is 1. The number of aliphatic hydroxyl groups is 1. The van der Waals surface area contributed by atoms with Crippen LogP contribution in [0.2, 0.25) is 0 Å². The zero-order valence-electron chi connectivity index (χ0n) is 23.3. The molecule has 0 radical (unpaired) electrons. The molecule has 0 aromatic heterocycles. The first kappa shape index (κ1) is 31.6. The Balaban J connectivity index is 1.69. The van der Waals surface area contributed by atoms with Crippen molar-refractivity contribution >= 4 is 6.03 Å². The molecule has 3 atom stereocenters. The van der Waals surface area contributed by atoms with E-state index in [4.69, 9.17) is 4.74 Å². The van der Waals surface area contributed by atoms with Gasteiger partial charge in [0, 0.05) is 63.2 Å². The van der Waals surface area contributed by atoms with Gasteiger partial charge < -0.3 is 25.4 Å². The minimum atomic E-state index is -2.60. The molecule has 2 aliphatic rings. The van der Waals surface area contributed by atoms with Crippen molar-refractivity contribution < 1.29 is 32.2 Å². The molecule has 39 heavy (non-hydrogen) atoms. The first-order chi connectivity index (χ1) is 18.6. The SMILES string of the molecule is CCOCCCC[C@@](O)(c1cccc(F)c1F)[C@@H]1CCCN(C(=O)N[C@H](CNC)CC2CCC(F)(F)CC2)C1. The average molecular weight is 560 g/mol. The molecule has 1 aromatic carbocycles. The van der Waals surface area contributed by atoms with Crippen LogP contribution in [0.1, 0.15) is 76.7 Å². The molecular weight excluding hydrogens is 514 g/mol. The molecule has 3 N–H and O–H groups in total. The van der Waals surface area contributed by atoms with E-state index in [0.29, 0.717) is 71.2 Å². The molecule has 1 aliphatic carbocycles. The number of carbonyl (C=O) groups is 1. The lowest BCUT2D eigenvalue weighted by atomic mass is 9.74. The van der Waals surface area contributed by atoms with Gasteiger partial charge in [0.2, 0.25) is 5.92 Å². The number of likely N-dealkylation sites (tertiary alicyclic amines) is 1. The summed E-state index contributed by atoms with van der Waals surface area (Å²) in [7, 11) is 1.78. The van der Waals surface area contributed by atoms with Crippen LogP contribution in [0.3, 0.4) is 0 Å². The highest BCUT2D eigenvalue weighted by atomic mass is 19.3. The lowest BCUT2D eigenvalue weighted by molar-refractivity contribution is -0.0595. The third-order valence-corrected chi connectivity index (χ3v) is 8.34. The van der Waals surface area contributed by atoms with Gasteiger partial charge in [0.25, 0.3) is 0 Å². The Bertz CT molecular complexity index is 912. The maximum Gasteiger partial charge on any atom is 0.317 e. The van der Waals surface area contributed by atoms with E-state index in [2.05, 4.69) is 10.6 Å². The van der Waals surface area contributed by atoms with Crippen molar-refractivity contribution in [2.24, 2.45) is 11.8 Å². The number of alkyl halides is 2. The molecule has 1 saturated carbocycles. The van der Waals surface area contributed by atoms with E-state index in [1.165, 1.54) is 12.1 Å². The zero-order valence-corrected chi connectivity index (χ0v) is 23.3. The van der Waals surface area contributed by atoms with Gasteiger partial charge in [0.05, 0.1) is 5.60 Å². The Morgan fingerprint density at radius 3 is 2.67 bits per heavy atom. The number of hydrogen-bond acceptors (Lipinski definition) is 4. The van der Waals surface area contributed by atoms with E-state index >= 15 is 0 Å². The Labute approximate surface area is 229 Å². The van der Waals surface area contributed by atoms with E-state index in [0.717, 1.165) is 6.07 Å². The Morgan fingerprint density at radius 2 is 1.97 bits per heavy atom. The topological polar surface area (TPSA) is 73.8 Å². The molecule has 222 valence electrons. The second-order valence-electron chi connectivity index (χ2n) is 11.2. The van der Waals surface area contributed by atoms with Crippen LogP contribution in [-0.4, -0.2) is 67.9 Å². The molecule has 1 aliphatic heterocycles. The molecule has 10 heteroatoms. The number of likely N-dealkylation sites (N-methyl/N-ethyl adjacent to an activating group) is 1. The Hall–Kier alpha value is -1.91. The quantitative estimate of drug-likeness (QED) is 0.218. The standard InChI is InChI=1S/C29H45F4N3O3/c1-3-39-17-5-4-13-29(38,24-9-6-10-25(30)26(24)31)22-8-7-16-36(20-22)27(37)35-23(19-34-2)18-21-11-14-28(32,33)15-12-21/h6,9-10,21-23,34,38H,3-5,7-8,11-20H2,1-2H3,(H,35,37)/t22-,23+,29+/m1/s1. The highest BCUT2D eigenvalue weighted by Crippen LogP contribution is 2.41. The van der Waals surface area contributed by atoms with Gasteiger partial charge in [-0.1, -0.05) is 12.1 Å². The fraction of sp³-hybridized carbons (Fsp3) is 0.759. The number of rotatable bonds is 13. The number of piperidine rings is 1. The Kier molecular flexibility index (Phi) is 11.9. The summed E-state index contributed by atoms with van der Waals surface area (Å²) in [5, 5.41) is 18.1. The van der Waals surface area contributed by atoms with Gasteiger partial charge in [-0.3, -0.25) is 0 Å². The number of amides is 2. The molecule has 0 bridgehead atoms.